The third-order valence-electron chi connectivity index (χ3n) is 0.481. The molecule has 25 heavy (non-hydrogen) atoms. The van der Waals surface area contributed by atoms with Gasteiger partial charge in [0.05, 0.1) is 0 Å². The smallest absolute Gasteiger partial charge is 1.00 e. The predicted molar refractivity (Wildman–Crippen MR) is 73.1 cm³/mol. The summed E-state index contributed by atoms with van der Waals surface area (Å²) < 4.78 is 119. The number of hydrogen-bond acceptors (Lipinski definition) is 10. The molecule has 0 aromatic rings. The molecule has 24 heteroatoms. The van der Waals surface area contributed by atoms with Gasteiger partial charge < -0.3 is 10.2 Å². The predicted octanol–water partition coefficient (Wildman–Crippen LogP) is -12.3. The van der Waals surface area contributed by atoms with Crippen LogP contribution in [0.3, 0.4) is 0 Å². The summed E-state index contributed by atoms with van der Waals surface area (Å²) in [5.74, 6) is 0. The first kappa shape index (κ1) is 50.7. The van der Waals surface area contributed by atoms with Crippen LogP contribution in [0.4, 0.5) is 15.5 Å². The molecule has 0 aromatic carbocycles. The number of nitrogens with one attached hydrogen (secondary N) is 1. The van der Waals surface area contributed by atoms with E-state index in [1.54, 1.807) is 0 Å². The molecule has 0 fully saturated rings. The fourth-order valence-electron chi connectivity index (χ4n) is 0.287. The topological polar surface area (TPSA) is 179 Å². The van der Waals surface area contributed by atoms with E-state index in [-0.39, 0.29) is 70.9 Å². The van der Waals surface area contributed by atoms with Crippen LogP contribution in [-0.2, 0) is 41.3 Å². The van der Waals surface area contributed by atoms with Gasteiger partial charge in [-0.1, -0.05) is 11.9 Å². The fourth-order valence-corrected chi connectivity index (χ4v) is 2.58. The number of rotatable bonds is 4. The third-order valence-corrected chi connectivity index (χ3v) is 4.33. The average molecular weight is 578 g/mol. The Bertz CT molecular complexity index is 572. The standard InChI is InChI=1S/CH2F2O4S2.F2HNO4S2.FH.HIS.3Li.H2O/c2-8(4,5)1-9(3,6)7;1-8(4,5)3-9(2,6)7;;1-2;;;;/h1H2;3H;1H;2H;;;;1H2/q;;;;3*+1;/p-2. The van der Waals surface area contributed by atoms with Gasteiger partial charge in [-0.3, -0.25) is 0 Å². The van der Waals surface area contributed by atoms with Crippen molar-refractivity contribution in [1.82, 2.24) is 4.13 Å². The van der Waals surface area contributed by atoms with E-state index in [1.807, 2.05) is 21.2 Å². The zero-order valence-electron chi connectivity index (χ0n) is 12.3. The van der Waals surface area contributed by atoms with Crippen LogP contribution in [0.5, 0.6) is 0 Å². The number of halogens is 6. The molecule has 0 heterocycles. The molecule has 0 rings (SSSR count). The molecule has 0 saturated carbocycles. The molecule has 0 radical (unpaired) electrons. The summed E-state index contributed by atoms with van der Waals surface area (Å²) in [6, 6.07) is 0. The van der Waals surface area contributed by atoms with Gasteiger partial charge in [0, 0.05) is 0 Å². The van der Waals surface area contributed by atoms with Crippen LogP contribution in [0.2, 0.25) is 0 Å². The van der Waals surface area contributed by atoms with Crippen LogP contribution in [0.25, 0.3) is 0 Å². The molecule has 0 saturated heterocycles. The average Bonchev–Trinajstić information content (AvgIpc) is 1.93. The van der Waals surface area contributed by atoms with Crippen LogP contribution >= 0.6 is 31.0 Å². The molecular weight excluding hydrogens is 573 g/mol. The van der Waals surface area contributed by atoms with E-state index in [2.05, 4.69) is 9.80 Å². The molecule has 0 aliphatic rings. The van der Waals surface area contributed by atoms with Gasteiger partial charge in [0.15, 0.2) is 0 Å². The zero-order valence-corrected chi connectivity index (χ0v) is 18.6. The van der Waals surface area contributed by atoms with Crippen molar-refractivity contribution in [1.29, 1.82) is 0 Å². The Morgan fingerprint density at radius 2 is 0.840 bits per heavy atom. The van der Waals surface area contributed by atoms with E-state index in [9.17, 15) is 49.2 Å². The molecule has 0 aromatic heterocycles. The van der Waals surface area contributed by atoms with E-state index >= 15 is 0 Å². The van der Waals surface area contributed by atoms with E-state index in [0.717, 1.165) is 0 Å². The SMILES string of the molecule is O=S(=O)(F)CS(=O)(=O)F.O=S(=O)(F)NS(=O)(=O)F.SI.[F-].[Li+].[Li+].[Li+].[OH-]. The van der Waals surface area contributed by atoms with Gasteiger partial charge in [0.1, 0.15) is 0 Å². The fraction of sp³-hybridized carbons (Fsp3) is 1.00. The Labute approximate surface area is 195 Å². The summed E-state index contributed by atoms with van der Waals surface area (Å²) in [5.41, 5.74) is 0. The molecule has 10 nitrogen and oxygen atoms in total. The van der Waals surface area contributed by atoms with Crippen molar-refractivity contribution in [2.45, 2.75) is 0 Å². The minimum atomic E-state index is -5.49. The zero-order chi connectivity index (χ0) is 17.4. The summed E-state index contributed by atoms with van der Waals surface area (Å²) in [4.78, 5) is 0. The molecule has 0 amide bonds. The van der Waals surface area contributed by atoms with Crippen molar-refractivity contribution >= 4 is 72.3 Å². The van der Waals surface area contributed by atoms with Gasteiger partial charge in [0.2, 0.25) is 5.08 Å². The second kappa shape index (κ2) is 21.0. The summed E-state index contributed by atoms with van der Waals surface area (Å²) in [6.45, 7) is 0. The largest absolute Gasteiger partial charge is 1.00 e. The molecule has 0 bridgehead atoms. The van der Waals surface area contributed by atoms with Gasteiger partial charge in [0.25, 0.3) is 0 Å². The first-order valence-electron chi connectivity index (χ1n) is 3.11. The molecule has 142 valence electrons. The molecular formula is CH5F5ILi3NO9S5+. The number of hydrogen-bond donors (Lipinski definition) is 2. The van der Waals surface area contributed by atoms with Crippen molar-refractivity contribution in [3.63, 3.8) is 0 Å². The van der Waals surface area contributed by atoms with E-state index in [1.165, 1.54) is 0 Å². The van der Waals surface area contributed by atoms with E-state index in [0.29, 0.717) is 0 Å². The van der Waals surface area contributed by atoms with Gasteiger partial charge in [-0.05, 0) is 21.2 Å². The maximum Gasteiger partial charge on any atom is 1.00 e. The minimum absolute atomic E-state index is 0. The Kier molecular flexibility index (Phi) is 42.5. The molecule has 0 unspecified atom stereocenters. The minimum Gasteiger partial charge on any atom is -1.00 e. The van der Waals surface area contributed by atoms with Crippen molar-refractivity contribution < 1.29 is 116 Å². The monoisotopic (exact) mass is 578 g/mol. The maximum absolute atomic E-state index is 11.2. The summed E-state index contributed by atoms with van der Waals surface area (Å²) in [5, 5.41) is -2.10. The molecule has 0 aliphatic carbocycles. The quantitative estimate of drug-likeness (QED) is 0.108. The van der Waals surface area contributed by atoms with Crippen LogP contribution < -0.4 is 65.4 Å². The van der Waals surface area contributed by atoms with Crippen LogP contribution in [0, 0.1) is 0 Å². The molecule has 0 spiro atoms. The van der Waals surface area contributed by atoms with E-state index in [4.69, 9.17) is 0 Å². The van der Waals surface area contributed by atoms with Crippen molar-refractivity contribution in [2.75, 3.05) is 5.08 Å². The summed E-state index contributed by atoms with van der Waals surface area (Å²) in [7, 11) is -18.0. The first-order valence-corrected chi connectivity index (χ1v) is 12.2. The summed E-state index contributed by atoms with van der Waals surface area (Å²) in [6.07, 6.45) is 0. The Morgan fingerprint density at radius 1 is 0.680 bits per heavy atom. The normalized spacial score (nSPS) is 10.0. The Morgan fingerprint density at radius 3 is 0.840 bits per heavy atom. The summed E-state index contributed by atoms with van der Waals surface area (Å²) >= 11 is 1.84. The van der Waals surface area contributed by atoms with Gasteiger partial charge in [-0.25, -0.2) is 0 Å². The second-order valence-corrected chi connectivity index (χ2v) is 7.67. The maximum atomic E-state index is 11.2. The Hall–Kier alpha value is 2.24. The van der Waals surface area contributed by atoms with Crippen LogP contribution in [0.15, 0.2) is 0 Å². The number of thiol groups is 1. The third kappa shape index (κ3) is 76.0. The van der Waals surface area contributed by atoms with Gasteiger partial charge in [-0.2, -0.15) is 33.7 Å². The van der Waals surface area contributed by atoms with Crippen LogP contribution in [-0.4, -0.2) is 44.2 Å². The van der Waals surface area contributed by atoms with Gasteiger partial charge in [-0.15, -0.1) is 17.6 Å². The Balaban J connectivity index is -0.0000000296. The molecule has 0 atom stereocenters. The van der Waals surface area contributed by atoms with Crippen molar-refractivity contribution in [3.05, 3.63) is 0 Å². The van der Waals surface area contributed by atoms with Crippen molar-refractivity contribution in [3.8, 4) is 0 Å². The van der Waals surface area contributed by atoms with Crippen LogP contribution in [0.1, 0.15) is 0 Å². The molecule has 2 N–H and O–H groups in total. The van der Waals surface area contributed by atoms with E-state index < -0.39 is 46.3 Å². The molecule has 0 aliphatic heterocycles. The van der Waals surface area contributed by atoms with Gasteiger partial charge >= 0.3 is 97.8 Å². The van der Waals surface area contributed by atoms with Crippen molar-refractivity contribution in [2.24, 2.45) is 0 Å². The first-order chi connectivity index (χ1) is 8.41. The second-order valence-electron chi connectivity index (χ2n) is 2.15.